The molecule has 1 heterocycles. The molecule has 0 aromatic heterocycles. The van der Waals surface area contributed by atoms with E-state index in [1.165, 1.54) is 7.11 Å². The van der Waals surface area contributed by atoms with Crippen LogP contribution in [0.25, 0.3) is 11.1 Å². The predicted molar refractivity (Wildman–Crippen MR) is 103 cm³/mol. The van der Waals surface area contributed by atoms with Crippen LogP contribution in [-0.2, 0) is 16.1 Å². The minimum atomic E-state index is -0.280. The molecule has 28 heavy (non-hydrogen) atoms. The van der Waals surface area contributed by atoms with Crippen LogP contribution in [-0.4, -0.2) is 39.3 Å². The molecule has 1 N–H and O–H groups in total. The van der Waals surface area contributed by atoms with Crippen molar-refractivity contribution in [1.29, 1.82) is 0 Å². The Kier molecular flexibility index (Phi) is 6.03. The molecule has 2 aromatic carbocycles. The van der Waals surface area contributed by atoms with E-state index in [0.29, 0.717) is 35.8 Å². The van der Waals surface area contributed by atoms with Crippen LogP contribution in [0, 0.1) is 0 Å². The van der Waals surface area contributed by atoms with Crippen molar-refractivity contribution in [3.05, 3.63) is 41.5 Å². The number of hydrogen-bond acceptors (Lipinski definition) is 6. The predicted octanol–water partition coefficient (Wildman–Crippen LogP) is 2.95. The zero-order valence-electron chi connectivity index (χ0n) is 16.2. The number of fused-ring (bicyclic) bond motifs is 1. The number of nitrogens with one attached hydrogen (secondary N) is 1. The SMILES string of the molecule is CCC(=O)OCCOc1c(-c2ccc3c(c2)CNC3=O)ccc(OC)c1OC. The fourth-order valence-electron chi connectivity index (χ4n) is 3.07. The van der Waals surface area contributed by atoms with Gasteiger partial charge in [-0.3, -0.25) is 9.59 Å². The maximum Gasteiger partial charge on any atom is 0.305 e. The van der Waals surface area contributed by atoms with Crippen LogP contribution in [0.3, 0.4) is 0 Å². The number of amides is 1. The van der Waals surface area contributed by atoms with Crippen LogP contribution in [0.5, 0.6) is 17.2 Å². The Bertz CT molecular complexity index is 893. The number of esters is 1. The van der Waals surface area contributed by atoms with E-state index in [4.69, 9.17) is 18.9 Å². The molecule has 1 amide bonds. The van der Waals surface area contributed by atoms with Crippen LogP contribution in [0.15, 0.2) is 30.3 Å². The number of benzene rings is 2. The summed E-state index contributed by atoms with van der Waals surface area (Å²) >= 11 is 0. The van der Waals surface area contributed by atoms with Crippen LogP contribution in [0.1, 0.15) is 29.3 Å². The first-order valence-corrected chi connectivity index (χ1v) is 9.04. The highest BCUT2D eigenvalue weighted by molar-refractivity contribution is 5.99. The monoisotopic (exact) mass is 385 g/mol. The number of hydrogen-bond donors (Lipinski definition) is 1. The molecular formula is C21H23NO6. The molecule has 0 aliphatic carbocycles. The molecule has 0 unspecified atom stereocenters. The van der Waals surface area contributed by atoms with Gasteiger partial charge in [-0.2, -0.15) is 0 Å². The van der Waals surface area contributed by atoms with E-state index in [1.807, 2.05) is 18.2 Å². The van der Waals surface area contributed by atoms with Gasteiger partial charge in [-0.15, -0.1) is 0 Å². The van der Waals surface area contributed by atoms with Crippen molar-refractivity contribution >= 4 is 11.9 Å². The fourth-order valence-corrected chi connectivity index (χ4v) is 3.07. The summed E-state index contributed by atoms with van der Waals surface area (Å²) in [7, 11) is 3.09. The molecular weight excluding hydrogens is 362 g/mol. The van der Waals surface area contributed by atoms with Gasteiger partial charge in [-0.05, 0) is 35.4 Å². The van der Waals surface area contributed by atoms with E-state index >= 15 is 0 Å². The smallest absolute Gasteiger partial charge is 0.305 e. The number of ether oxygens (including phenoxy) is 4. The third-order valence-corrected chi connectivity index (χ3v) is 4.48. The zero-order valence-corrected chi connectivity index (χ0v) is 16.2. The molecule has 7 heteroatoms. The Balaban J connectivity index is 1.94. The summed E-state index contributed by atoms with van der Waals surface area (Å²) in [4.78, 5) is 23.1. The van der Waals surface area contributed by atoms with Gasteiger partial charge in [0.25, 0.3) is 5.91 Å². The summed E-state index contributed by atoms with van der Waals surface area (Å²) < 4.78 is 21.9. The quantitative estimate of drug-likeness (QED) is 0.556. The van der Waals surface area contributed by atoms with Gasteiger partial charge in [0.05, 0.1) is 14.2 Å². The first-order chi connectivity index (χ1) is 13.6. The van der Waals surface area contributed by atoms with Crippen molar-refractivity contribution in [1.82, 2.24) is 5.32 Å². The number of methoxy groups -OCH3 is 2. The minimum Gasteiger partial charge on any atom is -0.493 e. The lowest BCUT2D eigenvalue weighted by Gasteiger charge is -2.18. The van der Waals surface area contributed by atoms with Gasteiger partial charge in [0.2, 0.25) is 5.75 Å². The van der Waals surface area contributed by atoms with Crippen molar-refractivity contribution in [3.63, 3.8) is 0 Å². The molecule has 2 aromatic rings. The molecule has 0 atom stereocenters. The normalized spacial score (nSPS) is 12.2. The molecule has 1 aliphatic rings. The summed E-state index contributed by atoms with van der Waals surface area (Å²) in [6.07, 6.45) is 0.315. The van der Waals surface area contributed by atoms with Crippen molar-refractivity contribution in [3.8, 4) is 28.4 Å². The number of carbonyl (C=O) groups is 2. The minimum absolute atomic E-state index is 0.0666. The van der Waals surface area contributed by atoms with Gasteiger partial charge in [0, 0.05) is 24.1 Å². The second-order valence-corrected chi connectivity index (χ2v) is 6.15. The maximum absolute atomic E-state index is 11.8. The lowest BCUT2D eigenvalue weighted by atomic mass is 9.99. The Hall–Kier alpha value is -3.22. The Labute approximate surface area is 163 Å². The van der Waals surface area contributed by atoms with Crippen molar-refractivity contribution in [2.45, 2.75) is 19.9 Å². The van der Waals surface area contributed by atoms with Crippen LogP contribution < -0.4 is 19.5 Å². The first-order valence-electron chi connectivity index (χ1n) is 9.04. The molecule has 0 spiro atoms. The van der Waals surface area contributed by atoms with E-state index in [9.17, 15) is 9.59 Å². The molecule has 0 saturated heterocycles. The van der Waals surface area contributed by atoms with Gasteiger partial charge in [0.15, 0.2) is 11.5 Å². The van der Waals surface area contributed by atoms with E-state index < -0.39 is 0 Å². The van der Waals surface area contributed by atoms with E-state index in [-0.39, 0.29) is 25.1 Å². The Morgan fingerprint density at radius 1 is 1.04 bits per heavy atom. The summed E-state index contributed by atoms with van der Waals surface area (Å²) in [5, 5.41) is 2.81. The van der Waals surface area contributed by atoms with Crippen molar-refractivity contribution < 1.29 is 28.5 Å². The van der Waals surface area contributed by atoms with E-state index in [0.717, 1.165) is 16.7 Å². The highest BCUT2D eigenvalue weighted by Gasteiger charge is 2.22. The van der Waals surface area contributed by atoms with Crippen LogP contribution >= 0.6 is 0 Å². The lowest BCUT2D eigenvalue weighted by Crippen LogP contribution is -2.12. The molecule has 7 nitrogen and oxygen atoms in total. The molecule has 0 radical (unpaired) electrons. The molecule has 0 bridgehead atoms. The standard InChI is InChI=1S/C21H23NO6/c1-4-18(23)27-9-10-28-19-15(7-8-17(25-2)20(19)26-3)13-5-6-16-14(11-13)12-22-21(16)24/h5-8,11H,4,9-10,12H2,1-3H3,(H,22,24). The van der Waals surface area contributed by atoms with Gasteiger partial charge >= 0.3 is 5.97 Å². The number of carbonyl (C=O) groups excluding carboxylic acids is 2. The first kappa shape index (κ1) is 19.5. The zero-order chi connectivity index (χ0) is 20.1. The maximum atomic E-state index is 11.8. The average Bonchev–Trinajstić information content (AvgIpc) is 3.10. The van der Waals surface area contributed by atoms with Gasteiger partial charge < -0.3 is 24.3 Å². The summed E-state index contributed by atoms with van der Waals surface area (Å²) in [5.41, 5.74) is 3.29. The van der Waals surface area contributed by atoms with Crippen LogP contribution in [0.4, 0.5) is 0 Å². The molecule has 148 valence electrons. The second-order valence-electron chi connectivity index (χ2n) is 6.15. The third kappa shape index (κ3) is 3.88. The van der Waals surface area contributed by atoms with Crippen molar-refractivity contribution in [2.24, 2.45) is 0 Å². The highest BCUT2D eigenvalue weighted by atomic mass is 16.6. The summed E-state index contributed by atoms with van der Waals surface area (Å²) in [6.45, 7) is 2.54. The highest BCUT2D eigenvalue weighted by Crippen LogP contribution is 2.44. The van der Waals surface area contributed by atoms with E-state index in [2.05, 4.69) is 5.32 Å². The largest absolute Gasteiger partial charge is 0.493 e. The Morgan fingerprint density at radius 2 is 1.82 bits per heavy atom. The fraction of sp³-hybridized carbons (Fsp3) is 0.333. The lowest BCUT2D eigenvalue weighted by molar-refractivity contribution is -0.143. The third-order valence-electron chi connectivity index (χ3n) is 4.48. The average molecular weight is 385 g/mol. The summed E-state index contributed by atoms with van der Waals surface area (Å²) in [5.74, 6) is 1.13. The molecule has 1 aliphatic heterocycles. The topological polar surface area (TPSA) is 83.1 Å². The molecule has 0 saturated carbocycles. The number of rotatable bonds is 8. The van der Waals surface area contributed by atoms with Gasteiger partial charge in [-0.25, -0.2) is 0 Å². The van der Waals surface area contributed by atoms with Gasteiger partial charge in [-0.1, -0.05) is 13.0 Å². The van der Waals surface area contributed by atoms with Crippen LogP contribution in [0.2, 0.25) is 0 Å². The Morgan fingerprint density at radius 3 is 2.54 bits per heavy atom. The summed E-state index contributed by atoms with van der Waals surface area (Å²) in [6, 6.07) is 9.30. The molecule has 0 fully saturated rings. The molecule has 3 rings (SSSR count). The second kappa shape index (κ2) is 8.65. The van der Waals surface area contributed by atoms with Gasteiger partial charge in [0.1, 0.15) is 13.2 Å². The van der Waals surface area contributed by atoms with E-state index in [1.54, 1.807) is 26.2 Å². The van der Waals surface area contributed by atoms with Crippen molar-refractivity contribution in [2.75, 3.05) is 27.4 Å².